The summed E-state index contributed by atoms with van der Waals surface area (Å²) in [5, 5.41) is 24.7. The number of thiol groups is 1. The second kappa shape index (κ2) is 7.04. The average molecular weight is 348 g/mol. The Labute approximate surface area is 145 Å². The Bertz CT molecular complexity index is 778. The monoisotopic (exact) mass is 348 g/mol. The quantitative estimate of drug-likeness (QED) is 0.433. The zero-order valence-electron chi connectivity index (χ0n) is 14.0. The van der Waals surface area contributed by atoms with E-state index in [4.69, 9.17) is 0 Å². The van der Waals surface area contributed by atoms with Crippen molar-refractivity contribution in [1.29, 1.82) is 0 Å². The van der Waals surface area contributed by atoms with Crippen molar-refractivity contribution in [2.45, 2.75) is 39.5 Å². The highest BCUT2D eigenvalue weighted by Crippen LogP contribution is 2.34. The number of aromatic amines is 1. The van der Waals surface area contributed by atoms with Crippen LogP contribution in [0.4, 0.5) is 11.5 Å². The Morgan fingerprint density at radius 1 is 1.38 bits per heavy atom. The Balaban J connectivity index is 2.42. The second-order valence-corrected chi connectivity index (χ2v) is 6.47. The number of aromatic nitrogens is 2. The van der Waals surface area contributed by atoms with E-state index in [9.17, 15) is 9.90 Å². The Morgan fingerprint density at radius 2 is 2.08 bits per heavy atom. The van der Waals surface area contributed by atoms with Gasteiger partial charge >= 0.3 is 5.97 Å². The van der Waals surface area contributed by atoms with Crippen molar-refractivity contribution >= 4 is 30.4 Å². The molecule has 0 radical (unpaired) electrons. The van der Waals surface area contributed by atoms with Gasteiger partial charge in [0, 0.05) is 12.9 Å². The van der Waals surface area contributed by atoms with Gasteiger partial charge in [-0.1, -0.05) is 33.8 Å². The van der Waals surface area contributed by atoms with Crippen LogP contribution in [0.2, 0.25) is 0 Å². The van der Waals surface area contributed by atoms with Crippen LogP contribution in [-0.4, -0.2) is 21.3 Å². The highest BCUT2D eigenvalue weighted by Gasteiger charge is 2.21. The fraction of sp³-hybridized carbons (Fsp3) is 0.375. The lowest BCUT2D eigenvalue weighted by Gasteiger charge is -2.19. The standard InChI is InChI=1S/C16H20N4O3S/c1-5-10-13(15(22)23-24)14(19-17-10)20-18-11-8-9(16(2,3)4)6-7-12(11)21/h6-8,21,24H,5H2,1-4H3,(H,17,19). The van der Waals surface area contributed by atoms with Crippen LogP contribution in [0.15, 0.2) is 28.4 Å². The van der Waals surface area contributed by atoms with E-state index >= 15 is 0 Å². The number of nitrogens with zero attached hydrogens (tertiary/aromatic N) is 3. The molecule has 2 rings (SSSR count). The summed E-state index contributed by atoms with van der Waals surface area (Å²) < 4.78 is 4.46. The zero-order chi connectivity index (χ0) is 17.9. The summed E-state index contributed by atoms with van der Waals surface area (Å²) >= 11 is 3.53. The van der Waals surface area contributed by atoms with Crippen LogP contribution in [0.25, 0.3) is 0 Å². The summed E-state index contributed by atoms with van der Waals surface area (Å²) in [6.45, 7) is 8.04. The fourth-order valence-corrected chi connectivity index (χ4v) is 2.22. The van der Waals surface area contributed by atoms with Gasteiger partial charge in [-0.3, -0.25) is 5.10 Å². The molecule has 2 N–H and O–H groups in total. The number of aromatic hydroxyl groups is 1. The van der Waals surface area contributed by atoms with Crippen molar-refractivity contribution in [2.75, 3.05) is 0 Å². The molecule has 1 heterocycles. The Hall–Kier alpha value is -2.35. The largest absolute Gasteiger partial charge is 0.506 e. The van der Waals surface area contributed by atoms with Crippen LogP contribution in [0.5, 0.6) is 5.75 Å². The molecule has 0 spiro atoms. The SMILES string of the molecule is CCc1[nH]nc(N=Nc2cc(C(C)(C)C)ccc2O)c1C(=O)OS. The van der Waals surface area contributed by atoms with Gasteiger partial charge in [0.2, 0.25) is 5.82 Å². The fourth-order valence-electron chi connectivity index (χ4n) is 2.13. The van der Waals surface area contributed by atoms with Crippen molar-refractivity contribution in [3.63, 3.8) is 0 Å². The molecule has 0 fully saturated rings. The van der Waals surface area contributed by atoms with Crippen molar-refractivity contribution in [1.82, 2.24) is 10.2 Å². The van der Waals surface area contributed by atoms with E-state index in [1.165, 1.54) is 0 Å². The molecule has 0 saturated heterocycles. The average Bonchev–Trinajstić information content (AvgIpc) is 2.95. The lowest BCUT2D eigenvalue weighted by molar-refractivity contribution is 0.0772. The summed E-state index contributed by atoms with van der Waals surface area (Å²) in [7, 11) is 0. The van der Waals surface area contributed by atoms with E-state index in [1.807, 2.05) is 13.0 Å². The molecule has 2 aromatic rings. The highest BCUT2D eigenvalue weighted by atomic mass is 32.1. The Kier molecular flexibility index (Phi) is 5.28. The van der Waals surface area contributed by atoms with Gasteiger partial charge in [0.1, 0.15) is 17.0 Å². The van der Waals surface area contributed by atoms with Gasteiger partial charge in [0.25, 0.3) is 0 Å². The van der Waals surface area contributed by atoms with Gasteiger partial charge < -0.3 is 9.29 Å². The number of rotatable bonds is 4. The van der Waals surface area contributed by atoms with Crippen LogP contribution in [-0.2, 0) is 16.0 Å². The van der Waals surface area contributed by atoms with E-state index in [2.05, 4.69) is 58.3 Å². The minimum atomic E-state index is -0.662. The minimum absolute atomic E-state index is 0.00341. The zero-order valence-corrected chi connectivity index (χ0v) is 14.9. The summed E-state index contributed by atoms with van der Waals surface area (Å²) in [6.07, 6.45) is 0.547. The van der Waals surface area contributed by atoms with Crippen LogP contribution in [0.1, 0.15) is 49.3 Å². The van der Waals surface area contributed by atoms with Crippen LogP contribution >= 0.6 is 12.9 Å². The van der Waals surface area contributed by atoms with Crippen molar-refractivity contribution < 1.29 is 14.1 Å². The van der Waals surface area contributed by atoms with Crippen LogP contribution < -0.4 is 0 Å². The predicted octanol–water partition coefficient (Wildman–Crippen LogP) is 4.39. The highest BCUT2D eigenvalue weighted by molar-refractivity contribution is 7.75. The number of carbonyl (C=O) groups excluding carboxylic acids is 1. The van der Waals surface area contributed by atoms with Crippen LogP contribution in [0, 0.1) is 0 Å². The topological polar surface area (TPSA) is 99.9 Å². The molecule has 1 aromatic heterocycles. The Morgan fingerprint density at radius 3 is 2.67 bits per heavy atom. The number of carbonyl (C=O) groups is 1. The molecule has 0 saturated carbocycles. The van der Waals surface area contributed by atoms with Gasteiger partial charge in [-0.25, -0.2) is 4.79 Å². The number of phenols is 1. The maximum Gasteiger partial charge on any atom is 0.355 e. The number of azo groups is 1. The molecule has 1 aromatic carbocycles. The first kappa shape index (κ1) is 18.0. The molecule has 0 amide bonds. The molecular weight excluding hydrogens is 328 g/mol. The van der Waals surface area contributed by atoms with Gasteiger partial charge in [-0.2, -0.15) is 5.10 Å². The third kappa shape index (κ3) is 3.76. The first-order valence-electron chi connectivity index (χ1n) is 7.46. The molecule has 128 valence electrons. The van der Waals surface area contributed by atoms with E-state index in [-0.39, 0.29) is 22.5 Å². The normalized spacial score (nSPS) is 11.9. The third-order valence-electron chi connectivity index (χ3n) is 3.56. The number of hydrogen-bond acceptors (Lipinski definition) is 7. The number of aryl methyl sites for hydroxylation is 1. The molecule has 0 bridgehead atoms. The lowest BCUT2D eigenvalue weighted by atomic mass is 9.87. The molecule has 0 atom stereocenters. The molecule has 0 aliphatic heterocycles. The van der Waals surface area contributed by atoms with E-state index in [0.29, 0.717) is 17.8 Å². The first-order valence-corrected chi connectivity index (χ1v) is 7.82. The van der Waals surface area contributed by atoms with Gasteiger partial charge in [-0.15, -0.1) is 10.2 Å². The van der Waals surface area contributed by atoms with Gasteiger partial charge in [0.15, 0.2) is 0 Å². The van der Waals surface area contributed by atoms with Gasteiger partial charge in [0.05, 0.1) is 5.69 Å². The van der Waals surface area contributed by atoms with Crippen molar-refractivity contribution in [3.8, 4) is 5.75 Å². The molecular formula is C16H20N4O3S. The molecule has 0 aliphatic rings. The smallest absolute Gasteiger partial charge is 0.355 e. The second-order valence-electron chi connectivity index (χ2n) is 6.29. The number of phenolic OH excluding ortho intramolecular Hbond substituents is 1. The first-order chi connectivity index (χ1) is 11.3. The molecule has 8 heteroatoms. The van der Waals surface area contributed by atoms with E-state index in [1.54, 1.807) is 12.1 Å². The summed E-state index contributed by atoms with van der Waals surface area (Å²) in [5.74, 6) is -0.576. The molecule has 24 heavy (non-hydrogen) atoms. The van der Waals surface area contributed by atoms with Gasteiger partial charge in [-0.05, 0) is 29.5 Å². The predicted molar refractivity (Wildman–Crippen MR) is 93.4 cm³/mol. The maximum absolute atomic E-state index is 11.8. The van der Waals surface area contributed by atoms with Crippen LogP contribution in [0.3, 0.4) is 0 Å². The van der Waals surface area contributed by atoms with Crippen molar-refractivity contribution in [2.24, 2.45) is 10.2 Å². The minimum Gasteiger partial charge on any atom is -0.506 e. The van der Waals surface area contributed by atoms with E-state index in [0.717, 1.165) is 5.56 Å². The number of benzene rings is 1. The number of hydrogen-bond donors (Lipinski definition) is 3. The maximum atomic E-state index is 11.8. The molecule has 0 aliphatic carbocycles. The lowest BCUT2D eigenvalue weighted by Crippen LogP contribution is -2.10. The summed E-state index contributed by atoms with van der Waals surface area (Å²) in [5.41, 5.74) is 1.97. The summed E-state index contributed by atoms with van der Waals surface area (Å²) in [6, 6.07) is 5.16. The number of nitrogens with one attached hydrogen (secondary N) is 1. The molecule has 0 unspecified atom stereocenters. The molecule has 7 nitrogen and oxygen atoms in total. The van der Waals surface area contributed by atoms with Crippen molar-refractivity contribution in [3.05, 3.63) is 35.0 Å². The summed E-state index contributed by atoms with van der Waals surface area (Å²) in [4.78, 5) is 11.8. The third-order valence-corrected chi connectivity index (χ3v) is 3.72. The van der Waals surface area contributed by atoms with E-state index < -0.39 is 5.97 Å². The number of H-pyrrole nitrogens is 1.